The molecule has 2 aromatic carbocycles. The summed E-state index contributed by atoms with van der Waals surface area (Å²) in [5.74, 6) is -2.15. The van der Waals surface area contributed by atoms with Gasteiger partial charge in [0, 0.05) is 9.79 Å². The van der Waals surface area contributed by atoms with Gasteiger partial charge in [-0.05, 0) is 36.4 Å². The van der Waals surface area contributed by atoms with E-state index in [4.69, 9.17) is 5.11 Å². The van der Waals surface area contributed by atoms with Gasteiger partial charge in [-0.3, -0.25) is 0 Å². The van der Waals surface area contributed by atoms with Crippen molar-refractivity contribution in [2.75, 3.05) is 0 Å². The maximum Gasteiger partial charge on any atom is 0.417 e. The van der Waals surface area contributed by atoms with Crippen LogP contribution in [0.4, 0.5) is 17.6 Å². The fourth-order valence-electron chi connectivity index (χ4n) is 1.67. The molecule has 2 nitrogen and oxygen atoms in total. The van der Waals surface area contributed by atoms with Crippen LogP contribution in [0.15, 0.2) is 52.3 Å². The molecule has 0 saturated heterocycles. The molecular weight excluding hydrogens is 308 g/mol. The molecule has 0 spiro atoms. The standard InChI is InChI=1S/C14H8F4O2S/c15-8-2-1-3-9(6-8)21-10-4-5-11(13(19)20)12(7-10)14(16,17)18/h1-7H,(H,19,20). The van der Waals surface area contributed by atoms with E-state index in [1.165, 1.54) is 24.3 Å². The van der Waals surface area contributed by atoms with Crippen LogP contribution in [0.5, 0.6) is 0 Å². The van der Waals surface area contributed by atoms with E-state index in [1.807, 2.05) is 0 Å². The first kappa shape index (κ1) is 15.4. The topological polar surface area (TPSA) is 37.3 Å². The minimum Gasteiger partial charge on any atom is -0.478 e. The molecule has 1 N–H and O–H groups in total. The van der Waals surface area contributed by atoms with Crippen LogP contribution in [0, 0.1) is 5.82 Å². The summed E-state index contributed by atoms with van der Waals surface area (Å²) < 4.78 is 51.6. The van der Waals surface area contributed by atoms with Crippen LogP contribution >= 0.6 is 11.8 Å². The molecule has 2 rings (SSSR count). The lowest BCUT2D eigenvalue weighted by Crippen LogP contribution is -2.12. The molecule has 0 aliphatic carbocycles. The molecule has 0 radical (unpaired) electrons. The lowest BCUT2D eigenvalue weighted by Gasteiger charge is -2.12. The Labute approximate surface area is 121 Å². The van der Waals surface area contributed by atoms with E-state index in [9.17, 15) is 22.4 Å². The number of hydrogen-bond donors (Lipinski definition) is 1. The van der Waals surface area contributed by atoms with Gasteiger partial charge < -0.3 is 5.11 Å². The van der Waals surface area contributed by atoms with Gasteiger partial charge in [-0.15, -0.1) is 0 Å². The SMILES string of the molecule is O=C(O)c1ccc(Sc2cccc(F)c2)cc1C(F)(F)F. The van der Waals surface area contributed by atoms with Crippen molar-refractivity contribution in [1.82, 2.24) is 0 Å². The molecule has 0 heterocycles. The van der Waals surface area contributed by atoms with Crippen LogP contribution < -0.4 is 0 Å². The van der Waals surface area contributed by atoms with Crippen molar-refractivity contribution in [3.8, 4) is 0 Å². The quantitative estimate of drug-likeness (QED) is 0.834. The number of carboxylic acids is 1. The number of benzene rings is 2. The fourth-order valence-corrected chi connectivity index (χ4v) is 2.58. The molecule has 0 aliphatic heterocycles. The maximum atomic E-state index is 13.0. The fraction of sp³-hybridized carbons (Fsp3) is 0.0714. The molecule has 2 aromatic rings. The molecule has 0 atom stereocenters. The van der Waals surface area contributed by atoms with E-state index in [2.05, 4.69) is 0 Å². The van der Waals surface area contributed by atoms with Crippen molar-refractivity contribution >= 4 is 17.7 Å². The normalized spacial score (nSPS) is 11.4. The smallest absolute Gasteiger partial charge is 0.417 e. The number of aromatic carboxylic acids is 1. The zero-order valence-electron chi connectivity index (χ0n) is 10.3. The second kappa shape index (κ2) is 5.77. The van der Waals surface area contributed by atoms with E-state index >= 15 is 0 Å². The Balaban J connectivity index is 2.40. The van der Waals surface area contributed by atoms with E-state index in [1.54, 1.807) is 6.07 Å². The maximum absolute atomic E-state index is 13.0. The van der Waals surface area contributed by atoms with Gasteiger partial charge in [-0.2, -0.15) is 13.2 Å². The summed E-state index contributed by atoms with van der Waals surface area (Å²) in [6, 6.07) is 8.29. The number of hydrogen-bond acceptors (Lipinski definition) is 2. The number of rotatable bonds is 3. The Morgan fingerprint density at radius 2 is 1.71 bits per heavy atom. The highest BCUT2D eigenvalue weighted by atomic mass is 32.2. The highest BCUT2D eigenvalue weighted by molar-refractivity contribution is 7.99. The molecule has 0 bridgehead atoms. The average Bonchev–Trinajstić information content (AvgIpc) is 2.37. The Hall–Kier alpha value is -2.02. The van der Waals surface area contributed by atoms with Gasteiger partial charge in [-0.25, -0.2) is 9.18 Å². The zero-order chi connectivity index (χ0) is 15.6. The summed E-state index contributed by atoms with van der Waals surface area (Å²) in [6.45, 7) is 0. The lowest BCUT2D eigenvalue weighted by molar-refractivity contribution is -0.138. The van der Waals surface area contributed by atoms with Gasteiger partial charge in [-0.1, -0.05) is 17.8 Å². The van der Waals surface area contributed by atoms with Crippen molar-refractivity contribution in [2.45, 2.75) is 16.0 Å². The third kappa shape index (κ3) is 3.75. The summed E-state index contributed by atoms with van der Waals surface area (Å²) in [6.07, 6.45) is -4.77. The number of halogens is 4. The predicted octanol–water partition coefficient (Wildman–Crippen LogP) is 4.69. The van der Waals surface area contributed by atoms with Crippen molar-refractivity contribution in [3.05, 3.63) is 59.4 Å². The summed E-state index contributed by atoms with van der Waals surface area (Å²) in [5.41, 5.74) is -2.04. The van der Waals surface area contributed by atoms with E-state index in [-0.39, 0.29) is 4.90 Å². The lowest BCUT2D eigenvalue weighted by atomic mass is 10.1. The number of carboxylic acid groups (broad SMARTS) is 1. The average molecular weight is 316 g/mol. The van der Waals surface area contributed by atoms with Crippen LogP contribution in [0.3, 0.4) is 0 Å². The van der Waals surface area contributed by atoms with Crippen LogP contribution in [-0.2, 0) is 6.18 Å². The van der Waals surface area contributed by atoms with Crippen LogP contribution in [0.2, 0.25) is 0 Å². The summed E-state index contributed by atoms with van der Waals surface area (Å²) in [5, 5.41) is 8.79. The molecule has 7 heteroatoms. The number of carbonyl (C=O) groups is 1. The van der Waals surface area contributed by atoms with Gasteiger partial charge in [0.2, 0.25) is 0 Å². The largest absolute Gasteiger partial charge is 0.478 e. The minimum absolute atomic E-state index is 0.179. The van der Waals surface area contributed by atoms with E-state index < -0.39 is 29.1 Å². The molecule has 0 aromatic heterocycles. The molecule has 0 unspecified atom stereocenters. The van der Waals surface area contributed by atoms with Gasteiger partial charge >= 0.3 is 12.1 Å². The summed E-state index contributed by atoms with van der Waals surface area (Å²) in [7, 11) is 0. The molecule has 0 fully saturated rings. The van der Waals surface area contributed by atoms with Gasteiger partial charge in [0.15, 0.2) is 0 Å². The van der Waals surface area contributed by atoms with E-state index in [0.717, 1.165) is 23.9 Å². The van der Waals surface area contributed by atoms with Crippen molar-refractivity contribution in [1.29, 1.82) is 0 Å². The Bertz CT molecular complexity index is 683. The van der Waals surface area contributed by atoms with Crippen LogP contribution in [-0.4, -0.2) is 11.1 Å². The second-order valence-corrected chi connectivity index (χ2v) is 5.22. The molecule has 110 valence electrons. The van der Waals surface area contributed by atoms with E-state index in [0.29, 0.717) is 4.90 Å². The first-order chi connectivity index (χ1) is 9.77. The summed E-state index contributed by atoms with van der Waals surface area (Å²) in [4.78, 5) is 11.4. The summed E-state index contributed by atoms with van der Waals surface area (Å²) >= 11 is 0.920. The van der Waals surface area contributed by atoms with Crippen molar-refractivity contribution in [2.24, 2.45) is 0 Å². The second-order valence-electron chi connectivity index (χ2n) is 4.07. The van der Waals surface area contributed by atoms with Gasteiger partial charge in [0.05, 0.1) is 11.1 Å². The molecule has 0 amide bonds. The van der Waals surface area contributed by atoms with Crippen molar-refractivity contribution in [3.63, 3.8) is 0 Å². The first-order valence-corrected chi connectivity index (χ1v) is 6.47. The third-order valence-electron chi connectivity index (χ3n) is 2.56. The zero-order valence-corrected chi connectivity index (χ0v) is 11.1. The predicted molar refractivity (Wildman–Crippen MR) is 68.9 cm³/mol. The third-order valence-corrected chi connectivity index (χ3v) is 3.54. The van der Waals surface area contributed by atoms with Crippen molar-refractivity contribution < 1.29 is 27.5 Å². The van der Waals surface area contributed by atoms with Gasteiger partial charge in [0.25, 0.3) is 0 Å². The highest BCUT2D eigenvalue weighted by Crippen LogP contribution is 2.36. The molecule has 0 saturated carbocycles. The Kier molecular flexibility index (Phi) is 4.22. The highest BCUT2D eigenvalue weighted by Gasteiger charge is 2.35. The number of alkyl halides is 3. The molecule has 0 aliphatic rings. The molecular formula is C14H8F4O2S. The minimum atomic E-state index is -4.77. The van der Waals surface area contributed by atoms with Crippen LogP contribution in [0.25, 0.3) is 0 Å². The monoisotopic (exact) mass is 316 g/mol. The first-order valence-electron chi connectivity index (χ1n) is 5.65. The molecule has 21 heavy (non-hydrogen) atoms. The Morgan fingerprint density at radius 1 is 1.05 bits per heavy atom. The Morgan fingerprint density at radius 3 is 2.29 bits per heavy atom. The van der Waals surface area contributed by atoms with Crippen LogP contribution in [0.1, 0.15) is 15.9 Å². The van der Waals surface area contributed by atoms with Gasteiger partial charge in [0.1, 0.15) is 5.82 Å².